The van der Waals surface area contributed by atoms with Crippen molar-refractivity contribution < 1.29 is 30.0 Å². The molecule has 0 saturated carbocycles. The molecule has 3 nitrogen and oxygen atoms in total. The van der Waals surface area contributed by atoms with Crippen LogP contribution >= 0.6 is 11.3 Å². The molecule has 45 heavy (non-hydrogen) atoms. The van der Waals surface area contributed by atoms with Crippen molar-refractivity contribution in [2.24, 2.45) is 0 Å². The molecule has 0 unspecified atom stereocenters. The van der Waals surface area contributed by atoms with E-state index in [0.29, 0.717) is 5.92 Å². The summed E-state index contributed by atoms with van der Waals surface area (Å²) >= 11 is 1.86. The van der Waals surface area contributed by atoms with Gasteiger partial charge in [0.05, 0.1) is 5.76 Å². The molecule has 0 aliphatic carbocycles. The van der Waals surface area contributed by atoms with E-state index in [0.717, 1.165) is 16.6 Å². The quantitative estimate of drug-likeness (QED) is 0.0837. The average Bonchev–Trinajstić information content (AvgIpc) is 3.40. The molecule has 5 heteroatoms. The van der Waals surface area contributed by atoms with Crippen LogP contribution in [0.3, 0.4) is 0 Å². The Labute approximate surface area is 281 Å². The molecule has 5 aromatic carbocycles. The number of rotatable bonds is 4. The van der Waals surface area contributed by atoms with Crippen LogP contribution < -0.4 is 0 Å². The maximum absolute atomic E-state index is 10.0. The number of aliphatic hydroxyl groups excluding tert-OH is 1. The second-order valence-electron chi connectivity index (χ2n) is 11.5. The topological polar surface area (TPSA) is 50.2 Å². The van der Waals surface area contributed by atoms with Crippen LogP contribution in [0.2, 0.25) is 0 Å². The van der Waals surface area contributed by atoms with Gasteiger partial charge in [-0.3, -0.25) is 9.78 Å². The number of thiophene rings is 1. The molecule has 7 rings (SSSR count). The Bertz CT molecular complexity index is 2210. The Hall–Kier alpha value is -4.15. The molecule has 0 atom stereocenters. The molecule has 2 aromatic heterocycles. The van der Waals surface area contributed by atoms with Crippen molar-refractivity contribution in [3.8, 4) is 22.4 Å². The summed E-state index contributed by atoms with van der Waals surface area (Å²) in [5.41, 5.74) is 7.33. The Balaban J connectivity index is 0.000000452. The molecule has 0 aliphatic rings. The third kappa shape index (κ3) is 6.35. The zero-order valence-electron chi connectivity index (χ0n) is 25.9. The fraction of sp³-hybridized carbons (Fsp3) is 0.150. The number of carbonyl (C=O) groups excluding carboxylic acids is 1. The number of benzene rings is 5. The Morgan fingerprint density at radius 2 is 1.58 bits per heavy atom. The van der Waals surface area contributed by atoms with E-state index < -0.39 is 0 Å². The van der Waals surface area contributed by atoms with Crippen LogP contribution in [-0.2, 0) is 24.9 Å². The molecule has 0 bridgehead atoms. The third-order valence-electron chi connectivity index (χ3n) is 7.97. The molecule has 0 spiro atoms. The standard InChI is InChI=1S/C35H26NS.C5H8O2.Ir/c1-21(2)31-20-26(19-25-14-13-24-11-7-8-12-28(24)32(25)31)33-35-30(17-18-36-33)29-16-15-27(22(3)34(29)37-35)23-9-5-4-6-10-23;1-4(6)3-5(2)7;/h4-18,20-21H,1-3H3;3,6H,1-2H3;/q-1;;/b;4-3-;. The van der Waals surface area contributed by atoms with Crippen LogP contribution in [-0.4, -0.2) is 15.9 Å². The van der Waals surface area contributed by atoms with Gasteiger partial charge in [-0.15, -0.1) is 40.5 Å². The number of allylic oxidation sites excluding steroid dienone is 2. The number of hydrogen-bond acceptors (Lipinski definition) is 4. The van der Waals surface area contributed by atoms with Gasteiger partial charge in [-0.1, -0.05) is 97.6 Å². The smallest absolute Gasteiger partial charge is 0.155 e. The Morgan fingerprint density at radius 3 is 2.27 bits per heavy atom. The molecule has 0 saturated heterocycles. The van der Waals surface area contributed by atoms with Gasteiger partial charge >= 0.3 is 0 Å². The zero-order chi connectivity index (χ0) is 31.0. The summed E-state index contributed by atoms with van der Waals surface area (Å²) < 4.78 is 2.57. The predicted molar refractivity (Wildman–Crippen MR) is 188 cm³/mol. The average molecular weight is 785 g/mol. The fourth-order valence-electron chi connectivity index (χ4n) is 6.00. The van der Waals surface area contributed by atoms with E-state index >= 15 is 0 Å². The summed E-state index contributed by atoms with van der Waals surface area (Å²) in [7, 11) is 0. The third-order valence-corrected chi connectivity index (χ3v) is 9.31. The van der Waals surface area contributed by atoms with Gasteiger partial charge < -0.3 is 5.11 Å². The van der Waals surface area contributed by atoms with Gasteiger partial charge in [-0.25, -0.2) is 0 Å². The van der Waals surface area contributed by atoms with Crippen molar-refractivity contribution in [2.75, 3.05) is 0 Å². The number of hydrogen-bond donors (Lipinski definition) is 1. The largest absolute Gasteiger partial charge is 0.512 e. The molecular weight excluding hydrogens is 751 g/mol. The molecule has 1 N–H and O–H groups in total. The normalized spacial score (nSPS) is 11.6. The summed E-state index contributed by atoms with van der Waals surface area (Å²) in [4.78, 5) is 14.9. The summed E-state index contributed by atoms with van der Waals surface area (Å²) in [5.74, 6) is 0.325. The van der Waals surface area contributed by atoms with Gasteiger partial charge in [0.1, 0.15) is 0 Å². The van der Waals surface area contributed by atoms with Gasteiger partial charge in [-0.05, 0) is 65.6 Å². The molecule has 7 aromatic rings. The minimum Gasteiger partial charge on any atom is -0.512 e. The summed E-state index contributed by atoms with van der Waals surface area (Å²) in [5, 5.41) is 16.0. The van der Waals surface area contributed by atoms with Crippen molar-refractivity contribution >= 4 is 58.8 Å². The molecular formula is C40H34IrNO2S-. The zero-order valence-corrected chi connectivity index (χ0v) is 29.1. The van der Waals surface area contributed by atoms with Crippen molar-refractivity contribution in [2.45, 2.75) is 40.5 Å². The van der Waals surface area contributed by atoms with Crippen molar-refractivity contribution in [1.82, 2.24) is 4.98 Å². The first-order chi connectivity index (χ1) is 21.2. The molecule has 1 radical (unpaired) electrons. The van der Waals surface area contributed by atoms with E-state index in [1.54, 1.807) is 0 Å². The van der Waals surface area contributed by atoms with Crippen molar-refractivity contribution in [1.29, 1.82) is 0 Å². The van der Waals surface area contributed by atoms with Crippen LogP contribution in [0, 0.1) is 13.0 Å². The Kier molecular flexibility index (Phi) is 9.64. The predicted octanol–water partition coefficient (Wildman–Crippen LogP) is 11.4. The van der Waals surface area contributed by atoms with Crippen LogP contribution in [0.5, 0.6) is 0 Å². The number of pyridine rings is 1. The summed E-state index contributed by atoms with van der Waals surface area (Å²) in [6.45, 7) is 9.66. The summed E-state index contributed by atoms with van der Waals surface area (Å²) in [6.07, 6.45) is 3.12. The van der Waals surface area contributed by atoms with E-state index in [1.165, 1.54) is 78.5 Å². The first kappa shape index (κ1) is 32.2. The van der Waals surface area contributed by atoms with Gasteiger partial charge in [0, 0.05) is 52.9 Å². The Morgan fingerprint density at radius 1 is 0.867 bits per heavy atom. The molecule has 0 amide bonds. The van der Waals surface area contributed by atoms with E-state index in [4.69, 9.17) is 10.1 Å². The number of nitrogens with zero attached hydrogens (tertiary/aromatic N) is 1. The maximum atomic E-state index is 10.0. The first-order valence-corrected chi connectivity index (χ1v) is 15.7. The van der Waals surface area contributed by atoms with Crippen LogP contribution in [0.4, 0.5) is 0 Å². The molecule has 0 fully saturated rings. The monoisotopic (exact) mass is 785 g/mol. The van der Waals surface area contributed by atoms with Crippen LogP contribution in [0.1, 0.15) is 44.7 Å². The minimum atomic E-state index is -0.125. The molecule has 2 heterocycles. The van der Waals surface area contributed by atoms with E-state index in [9.17, 15) is 4.79 Å². The van der Waals surface area contributed by atoms with Gasteiger partial charge in [-0.2, -0.15) is 0 Å². The SMILES string of the molecule is CC(=O)/C=C(/C)O.Cc1c(-c2ccccc2)ccc2c1sc1c(-c3[c-]c4ccc5ccccc5c4c(C(C)C)c3)nccc12.[Ir]. The van der Waals surface area contributed by atoms with Crippen LogP contribution in [0.15, 0.2) is 109 Å². The minimum absolute atomic E-state index is 0. The van der Waals surface area contributed by atoms with E-state index in [1.807, 2.05) is 17.5 Å². The van der Waals surface area contributed by atoms with E-state index in [2.05, 4.69) is 118 Å². The van der Waals surface area contributed by atoms with Gasteiger partial charge in [0.15, 0.2) is 5.78 Å². The molecule has 0 aliphatic heterocycles. The summed E-state index contributed by atoms with van der Waals surface area (Å²) in [6, 6.07) is 36.6. The first-order valence-electron chi connectivity index (χ1n) is 14.8. The maximum Gasteiger partial charge on any atom is 0.155 e. The van der Waals surface area contributed by atoms with E-state index in [-0.39, 0.29) is 31.6 Å². The van der Waals surface area contributed by atoms with Crippen molar-refractivity contribution in [3.63, 3.8) is 0 Å². The number of ketones is 1. The fourth-order valence-corrected chi connectivity index (χ4v) is 7.30. The van der Waals surface area contributed by atoms with Crippen molar-refractivity contribution in [3.05, 3.63) is 126 Å². The van der Waals surface area contributed by atoms with Gasteiger partial charge in [0.25, 0.3) is 0 Å². The number of aromatic nitrogens is 1. The second kappa shape index (κ2) is 13.5. The van der Waals surface area contributed by atoms with Crippen LogP contribution in [0.25, 0.3) is 64.1 Å². The van der Waals surface area contributed by atoms with Gasteiger partial charge in [0.2, 0.25) is 0 Å². The second-order valence-corrected chi connectivity index (χ2v) is 12.5. The number of aryl methyl sites for hydroxylation is 1. The number of carbonyl (C=O) groups is 1. The molecule has 227 valence electrons. The number of fused-ring (bicyclic) bond motifs is 6. The number of aliphatic hydroxyl groups is 1.